The molecule has 5 nitrogen and oxygen atoms in total. The van der Waals surface area contributed by atoms with Crippen molar-refractivity contribution in [1.29, 1.82) is 0 Å². The van der Waals surface area contributed by atoms with Crippen molar-refractivity contribution in [2.45, 2.75) is 20.3 Å². The van der Waals surface area contributed by atoms with E-state index in [1.165, 1.54) is 17.6 Å². The van der Waals surface area contributed by atoms with Crippen LogP contribution in [0.2, 0.25) is 5.02 Å². The zero-order valence-corrected chi connectivity index (χ0v) is 18.9. The third-order valence-corrected chi connectivity index (χ3v) is 5.98. The number of carbonyl (C=O) groups is 2. The Morgan fingerprint density at radius 2 is 1.66 bits per heavy atom. The molecule has 2 amide bonds. The van der Waals surface area contributed by atoms with Crippen molar-refractivity contribution in [2.24, 2.45) is 0 Å². The Bertz CT molecular complexity index is 1230. The van der Waals surface area contributed by atoms with E-state index in [0.717, 1.165) is 12.1 Å². The van der Waals surface area contributed by atoms with E-state index in [0.29, 0.717) is 27.6 Å². The molecule has 32 heavy (non-hydrogen) atoms. The van der Waals surface area contributed by atoms with Gasteiger partial charge in [0.05, 0.1) is 18.4 Å². The van der Waals surface area contributed by atoms with Crippen molar-refractivity contribution in [2.75, 3.05) is 17.3 Å². The van der Waals surface area contributed by atoms with Crippen molar-refractivity contribution in [3.05, 3.63) is 94.1 Å². The summed E-state index contributed by atoms with van der Waals surface area (Å²) in [6.07, 6.45) is 0.911. The number of carbonyl (C=O) groups excluding carboxylic acids is 2. The van der Waals surface area contributed by atoms with Crippen molar-refractivity contribution in [3.8, 4) is 5.75 Å². The summed E-state index contributed by atoms with van der Waals surface area (Å²) in [6, 6.07) is 20.1. The lowest BCUT2D eigenvalue weighted by atomic mass is 10.0. The topological polar surface area (TPSA) is 58.6 Å². The molecule has 1 N–H and O–H groups in total. The van der Waals surface area contributed by atoms with Crippen LogP contribution in [-0.4, -0.2) is 18.9 Å². The van der Waals surface area contributed by atoms with Crippen molar-refractivity contribution >= 4 is 40.4 Å². The van der Waals surface area contributed by atoms with Gasteiger partial charge in [0.25, 0.3) is 11.8 Å². The van der Waals surface area contributed by atoms with Crippen molar-refractivity contribution < 1.29 is 14.3 Å². The van der Waals surface area contributed by atoms with Crippen molar-refractivity contribution in [3.63, 3.8) is 0 Å². The van der Waals surface area contributed by atoms with E-state index >= 15 is 0 Å². The number of halogens is 1. The Morgan fingerprint density at radius 3 is 2.34 bits per heavy atom. The Labute approximate surface area is 192 Å². The Kier molecular flexibility index (Phi) is 6.01. The van der Waals surface area contributed by atoms with Gasteiger partial charge in [-0.05, 0) is 54.8 Å². The van der Waals surface area contributed by atoms with Crippen LogP contribution in [0.4, 0.5) is 11.4 Å². The van der Waals surface area contributed by atoms with Gasteiger partial charge >= 0.3 is 0 Å². The molecule has 0 aliphatic carbocycles. The molecule has 6 heteroatoms. The standard InChI is InChI=1S/C26H23ClN2O3/c1-4-17-12-14-18(15-13-17)28-24-23(19-8-5-6-11-22(19)32-3)25(30)29(26(24)31)21-10-7-9-20(27)16(21)2/h5-15,28H,4H2,1-3H3. The lowest BCUT2D eigenvalue weighted by Gasteiger charge is -2.18. The zero-order valence-electron chi connectivity index (χ0n) is 18.1. The minimum atomic E-state index is -0.444. The maximum Gasteiger partial charge on any atom is 0.282 e. The number of aryl methyl sites for hydroxylation is 1. The first-order valence-corrected chi connectivity index (χ1v) is 10.7. The number of benzene rings is 3. The summed E-state index contributed by atoms with van der Waals surface area (Å²) in [5.41, 5.74) is 4.01. The molecular formula is C26H23ClN2O3. The minimum absolute atomic E-state index is 0.197. The molecule has 1 heterocycles. The Balaban J connectivity index is 1.86. The van der Waals surface area contributed by atoms with Crippen LogP contribution < -0.4 is 15.0 Å². The smallest absolute Gasteiger partial charge is 0.282 e. The first-order valence-electron chi connectivity index (χ1n) is 10.3. The number of ether oxygens (including phenoxy) is 1. The number of nitrogens with one attached hydrogen (secondary N) is 1. The number of rotatable bonds is 6. The SMILES string of the molecule is CCc1ccc(NC2=C(c3ccccc3OC)C(=O)N(c3cccc(Cl)c3C)C2=O)cc1. The molecule has 4 rings (SSSR count). The van der Waals surface area contributed by atoms with E-state index in [-0.39, 0.29) is 11.3 Å². The predicted molar refractivity (Wildman–Crippen MR) is 128 cm³/mol. The second kappa shape index (κ2) is 8.89. The number of imide groups is 1. The normalized spacial score (nSPS) is 13.7. The van der Waals surface area contributed by atoms with Crippen LogP contribution in [0.15, 0.2) is 72.4 Å². The molecule has 0 unspecified atom stereocenters. The summed E-state index contributed by atoms with van der Waals surface area (Å²) in [5.74, 6) is -0.368. The summed E-state index contributed by atoms with van der Waals surface area (Å²) < 4.78 is 5.49. The molecule has 0 fully saturated rings. The summed E-state index contributed by atoms with van der Waals surface area (Å²) in [7, 11) is 1.54. The largest absolute Gasteiger partial charge is 0.496 e. The highest BCUT2D eigenvalue weighted by Crippen LogP contribution is 2.39. The fourth-order valence-electron chi connectivity index (χ4n) is 3.77. The average Bonchev–Trinajstić information content (AvgIpc) is 3.05. The first kappa shape index (κ1) is 21.7. The van der Waals surface area contributed by atoms with Crippen molar-refractivity contribution in [1.82, 2.24) is 0 Å². The van der Waals surface area contributed by atoms with Crippen LogP contribution in [0.25, 0.3) is 5.57 Å². The predicted octanol–water partition coefficient (Wildman–Crippen LogP) is 5.62. The number of para-hydroxylation sites is 1. The lowest BCUT2D eigenvalue weighted by Crippen LogP contribution is -2.33. The highest BCUT2D eigenvalue weighted by atomic mass is 35.5. The van der Waals surface area contributed by atoms with Gasteiger partial charge in [0.2, 0.25) is 0 Å². The number of amides is 2. The molecule has 0 spiro atoms. The number of nitrogens with zero attached hydrogens (tertiary/aromatic N) is 1. The van der Waals surface area contributed by atoms with Gasteiger partial charge in [0, 0.05) is 16.3 Å². The third kappa shape index (κ3) is 3.76. The van der Waals surface area contributed by atoms with Gasteiger partial charge in [-0.25, -0.2) is 4.90 Å². The number of hydrogen-bond acceptors (Lipinski definition) is 4. The maximum atomic E-state index is 13.7. The van der Waals surface area contributed by atoms with Gasteiger partial charge in [-0.1, -0.05) is 54.9 Å². The molecule has 0 saturated carbocycles. The number of methoxy groups -OCH3 is 1. The van der Waals surface area contributed by atoms with Crippen LogP contribution in [0, 0.1) is 6.92 Å². The molecule has 162 valence electrons. The molecule has 0 atom stereocenters. The molecule has 0 radical (unpaired) electrons. The van der Waals surface area contributed by atoms with Crippen LogP contribution in [0.3, 0.4) is 0 Å². The molecule has 3 aromatic carbocycles. The molecular weight excluding hydrogens is 424 g/mol. The van der Waals surface area contributed by atoms with E-state index in [1.54, 1.807) is 37.3 Å². The number of anilines is 2. The van der Waals surface area contributed by atoms with Crippen LogP contribution in [0.1, 0.15) is 23.6 Å². The number of hydrogen-bond donors (Lipinski definition) is 1. The van der Waals surface area contributed by atoms with Gasteiger partial charge in [-0.3, -0.25) is 9.59 Å². The Morgan fingerprint density at radius 1 is 0.938 bits per heavy atom. The summed E-state index contributed by atoms with van der Waals surface area (Å²) >= 11 is 6.28. The molecule has 0 bridgehead atoms. The van der Waals surface area contributed by atoms with Gasteiger partial charge in [0.1, 0.15) is 11.4 Å². The van der Waals surface area contributed by atoms with Crippen LogP contribution >= 0.6 is 11.6 Å². The third-order valence-electron chi connectivity index (χ3n) is 5.57. The fraction of sp³-hybridized carbons (Fsp3) is 0.154. The van der Waals surface area contributed by atoms with Gasteiger partial charge in [0.15, 0.2) is 0 Å². The fourth-order valence-corrected chi connectivity index (χ4v) is 3.94. The lowest BCUT2D eigenvalue weighted by molar-refractivity contribution is -0.120. The van der Waals surface area contributed by atoms with E-state index in [4.69, 9.17) is 16.3 Å². The average molecular weight is 447 g/mol. The van der Waals surface area contributed by atoms with E-state index in [1.807, 2.05) is 36.4 Å². The monoisotopic (exact) mass is 446 g/mol. The summed E-state index contributed by atoms with van der Waals surface area (Å²) in [5, 5.41) is 3.67. The molecule has 0 aromatic heterocycles. The molecule has 1 aliphatic heterocycles. The van der Waals surface area contributed by atoms with Gasteiger partial charge in [-0.2, -0.15) is 0 Å². The van der Waals surface area contributed by atoms with E-state index < -0.39 is 11.8 Å². The highest BCUT2D eigenvalue weighted by molar-refractivity contribution is 6.47. The van der Waals surface area contributed by atoms with Crippen LogP contribution in [-0.2, 0) is 16.0 Å². The van der Waals surface area contributed by atoms with Gasteiger partial charge in [-0.15, -0.1) is 0 Å². The molecule has 0 saturated heterocycles. The molecule has 1 aliphatic rings. The minimum Gasteiger partial charge on any atom is -0.496 e. The summed E-state index contributed by atoms with van der Waals surface area (Å²) in [4.78, 5) is 28.4. The zero-order chi connectivity index (χ0) is 22.8. The van der Waals surface area contributed by atoms with E-state index in [9.17, 15) is 9.59 Å². The quantitative estimate of drug-likeness (QED) is 0.499. The Hall–Kier alpha value is -3.57. The van der Waals surface area contributed by atoms with Gasteiger partial charge < -0.3 is 10.1 Å². The summed E-state index contributed by atoms with van der Waals surface area (Å²) in [6.45, 7) is 3.87. The van der Waals surface area contributed by atoms with Crippen LogP contribution in [0.5, 0.6) is 5.75 Å². The van der Waals surface area contributed by atoms with E-state index in [2.05, 4.69) is 12.2 Å². The second-order valence-electron chi connectivity index (χ2n) is 7.46. The first-order chi connectivity index (χ1) is 15.5. The maximum absolute atomic E-state index is 13.7. The second-order valence-corrected chi connectivity index (χ2v) is 7.86. The molecule has 3 aromatic rings. The highest BCUT2D eigenvalue weighted by Gasteiger charge is 2.41.